The molecule has 0 aliphatic carbocycles. The van der Waals surface area contributed by atoms with Crippen LogP contribution < -0.4 is 5.32 Å². The molecule has 0 saturated carbocycles. The van der Waals surface area contributed by atoms with Gasteiger partial charge in [0.25, 0.3) is 0 Å². The molecule has 0 radical (unpaired) electrons. The molecule has 2 fully saturated rings. The zero-order valence-electron chi connectivity index (χ0n) is 11.3. The van der Waals surface area contributed by atoms with Gasteiger partial charge in [-0.25, -0.2) is 4.79 Å². The van der Waals surface area contributed by atoms with Gasteiger partial charge in [-0.05, 0) is 32.1 Å². The van der Waals surface area contributed by atoms with Gasteiger partial charge in [0.1, 0.15) is 6.10 Å². The minimum Gasteiger partial charge on any atom is -0.479 e. The lowest BCUT2D eigenvalue weighted by Gasteiger charge is -2.26. The minimum atomic E-state index is -1.05. The van der Waals surface area contributed by atoms with Crippen LogP contribution >= 0.6 is 0 Å². The van der Waals surface area contributed by atoms with Gasteiger partial charge in [-0.3, -0.25) is 9.59 Å². The first kappa shape index (κ1) is 14.8. The molecule has 0 spiro atoms. The van der Waals surface area contributed by atoms with Gasteiger partial charge < -0.3 is 20.1 Å². The Morgan fingerprint density at radius 3 is 2.35 bits per heavy atom. The fourth-order valence-corrected chi connectivity index (χ4v) is 2.54. The number of carboxylic acid groups (broad SMARTS) is 1. The van der Waals surface area contributed by atoms with Gasteiger partial charge in [0, 0.05) is 13.1 Å². The molecule has 2 rings (SSSR count). The van der Waals surface area contributed by atoms with Crippen LogP contribution in [0.4, 0.5) is 0 Å². The Morgan fingerprint density at radius 2 is 1.75 bits per heavy atom. The molecule has 7 heteroatoms. The molecule has 2 saturated heterocycles. The second-order valence-corrected chi connectivity index (χ2v) is 5.19. The molecule has 0 aromatic carbocycles. The quantitative estimate of drug-likeness (QED) is 0.742. The zero-order valence-corrected chi connectivity index (χ0v) is 11.3. The van der Waals surface area contributed by atoms with E-state index in [4.69, 9.17) is 9.84 Å². The Morgan fingerprint density at radius 1 is 1.10 bits per heavy atom. The van der Waals surface area contributed by atoms with E-state index in [1.54, 1.807) is 4.90 Å². The Hall–Kier alpha value is -1.63. The number of carboxylic acids is 1. The topological polar surface area (TPSA) is 95.9 Å². The van der Waals surface area contributed by atoms with Gasteiger partial charge in [0.05, 0.1) is 6.54 Å². The number of rotatable bonds is 4. The molecule has 2 aliphatic heterocycles. The largest absolute Gasteiger partial charge is 0.479 e. The summed E-state index contributed by atoms with van der Waals surface area (Å²) in [6.07, 6.45) is 2.18. The first-order valence-corrected chi connectivity index (χ1v) is 7.01. The summed E-state index contributed by atoms with van der Waals surface area (Å²) >= 11 is 0. The van der Waals surface area contributed by atoms with Crippen LogP contribution in [0.5, 0.6) is 0 Å². The average molecular weight is 284 g/mol. The van der Waals surface area contributed by atoms with Crippen molar-refractivity contribution >= 4 is 17.8 Å². The van der Waals surface area contributed by atoms with Crippen molar-refractivity contribution in [3.8, 4) is 0 Å². The molecule has 0 bridgehead atoms. The lowest BCUT2D eigenvalue weighted by atomic mass is 10.1. The first-order chi connectivity index (χ1) is 9.58. The fourth-order valence-electron chi connectivity index (χ4n) is 2.54. The van der Waals surface area contributed by atoms with Crippen molar-refractivity contribution in [1.29, 1.82) is 0 Å². The smallest absolute Gasteiger partial charge is 0.332 e. The van der Waals surface area contributed by atoms with Crippen molar-refractivity contribution in [1.82, 2.24) is 10.2 Å². The molecule has 20 heavy (non-hydrogen) atoms. The SMILES string of the molecule is O=C(NCC(=O)N1CCCCC1)[C@@H]1CC[C@H](C(=O)O)O1. The Kier molecular flexibility index (Phi) is 4.94. The second kappa shape index (κ2) is 6.69. The molecule has 2 aliphatic rings. The van der Waals surface area contributed by atoms with Crippen LogP contribution in [0.1, 0.15) is 32.1 Å². The minimum absolute atomic E-state index is 0.0452. The van der Waals surface area contributed by atoms with Gasteiger partial charge in [0.2, 0.25) is 11.8 Å². The van der Waals surface area contributed by atoms with E-state index in [0.717, 1.165) is 32.4 Å². The lowest BCUT2D eigenvalue weighted by molar-refractivity contribution is -0.152. The summed E-state index contributed by atoms with van der Waals surface area (Å²) in [5.74, 6) is -1.55. The Labute approximate surface area is 117 Å². The predicted molar refractivity (Wildman–Crippen MR) is 69.0 cm³/mol. The van der Waals surface area contributed by atoms with Gasteiger partial charge in [-0.2, -0.15) is 0 Å². The van der Waals surface area contributed by atoms with Crippen molar-refractivity contribution in [3.05, 3.63) is 0 Å². The summed E-state index contributed by atoms with van der Waals surface area (Å²) in [6, 6.07) is 0. The molecule has 7 nitrogen and oxygen atoms in total. The summed E-state index contributed by atoms with van der Waals surface area (Å²) in [5, 5.41) is 11.3. The average Bonchev–Trinajstić information content (AvgIpc) is 2.95. The molecule has 2 atom stereocenters. The van der Waals surface area contributed by atoms with Crippen LogP contribution in [0.15, 0.2) is 0 Å². The van der Waals surface area contributed by atoms with E-state index in [1.807, 2.05) is 0 Å². The molecule has 2 heterocycles. The van der Waals surface area contributed by atoms with Crippen LogP contribution in [0.25, 0.3) is 0 Å². The summed E-state index contributed by atoms with van der Waals surface area (Å²) in [4.78, 5) is 36.1. The fraction of sp³-hybridized carbons (Fsp3) is 0.769. The van der Waals surface area contributed by atoms with Gasteiger partial charge in [-0.15, -0.1) is 0 Å². The van der Waals surface area contributed by atoms with Crippen LogP contribution in [0.2, 0.25) is 0 Å². The normalized spacial score (nSPS) is 26.3. The maximum atomic E-state index is 11.9. The van der Waals surface area contributed by atoms with E-state index >= 15 is 0 Å². The number of piperidine rings is 1. The van der Waals surface area contributed by atoms with Crippen molar-refractivity contribution in [2.45, 2.75) is 44.3 Å². The molecular weight excluding hydrogens is 264 g/mol. The van der Waals surface area contributed by atoms with E-state index in [-0.39, 0.29) is 12.5 Å². The number of carbonyl (C=O) groups excluding carboxylic acids is 2. The predicted octanol–water partition coefficient (Wildman–Crippen LogP) is -0.253. The highest BCUT2D eigenvalue weighted by atomic mass is 16.5. The van der Waals surface area contributed by atoms with E-state index in [2.05, 4.69) is 5.32 Å². The van der Waals surface area contributed by atoms with Crippen molar-refractivity contribution in [2.75, 3.05) is 19.6 Å². The molecular formula is C13H20N2O5. The maximum absolute atomic E-state index is 11.9. The second-order valence-electron chi connectivity index (χ2n) is 5.19. The van der Waals surface area contributed by atoms with Gasteiger partial charge in [-0.1, -0.05) is 0 Å². The van der Waals surface area contributed by atoms with Crippen molar-refractivity contribution < 1.29 is 24.2 Å². The molecule has 0 aromatic heterocycles. The van der Waals surface area contributed by atoms with Crippen LogP contribution in [0.3, 0.4) is 0 Å². The van der Waals surface area contributed by atoms with Crippen molar-refractivity contribution in [2.24, 2.45) is 0 Å². The third-order valence-electron chi connectivity index (χ3n) is 3.71. The third kappa shape index (κ3) is 3.69. The number of hydrogen-bond donors (Lipinski definition) is 2. The lowest BCUT2D eigenvalue weighted by Crippen LogP contribution is -2.45. The summed E-state index contributed by atoms with van der Waals surface area (Å²) in [6.45, 7) is 1.45. The first-order valence-electron chi connectivity index (χ1n) is 7.01. The van der Waals surface area contributed by atoms with E-state index in [9.17, 15) is 14.4 Å². The number of aliphatic carboxylic acids is 1. The van der Waals surface area contributed by atoms with Crippen LogP contribution in [-0.4, -0.2) is 59.6 Å². The van der Waals surface area contributed by atoms with E-state index in [1.165, 1.54) is 0 Å². The number of amides is 2. The van der Waals surface area contributed by atoms with E-state index in [0.29, 0.717) is 12.8 Å². The number of hydrogen-bond acceptors (Lipinski definition) is 4. The van der Waals surface area contributed by atoms with Crippen molar-refractivity contribution in [3.63, 3.8) is 0 Å². The molecule has 0 aromatic rings. The highest BCUT2D eigenvalue weighted by Crippen LogP contribution is 2.19. The number of likely N-dealkylation sites (tertiary alicyclic amines) is 1. The zero-order chi connectivity index (χ0) is 14.5. The van der Waals surface area contributed by atoms with Gasteiger partial charge >= 0.3 is 5.97 Å². The molecule has 2 amide bonds. The molecule has 2 N–H and O–H groups in total. The molecule has 0 unspecified atom stereocenters. The van der Waals surface area contributed by atoms with E-state index < -0.39 is 24.1 Å². The monoisotopic (exact) mass is 284 g/mol. The standard InChI is InChI=1S/C13H20N2O5/c16-11(15-6-2-1-3-7-15)8-14-12(17)9-4-5-10(20-9)13(18)19/h9-10H,1-8H2,(H,14,17)(H,18,19)/t9-,10+/m0/s1. The maximum Gasteiger partial charge on any atom is 0.332 e. The highest BCUT2D eigenvalue weighted by Gasteiger charge is 2.34. The molecule has 112 valence electrons. The Balaban J connectivity index is 1.72. The summed E-state index contributed by atoms with van der Waals surface area (Å²) in [7, 11) is 0. The summed E-state index contributed by atoms with van der Waals surface area (Å²) < 4.78 is 5.13. The van der Waals surface area contributed by atoms with Gasteiger partial charge in [0.15, 0.2) is 6.10 Å². The third-order valence-corrected chi connectivity index (χ3v) is 3.71. The van der Waals surface area contributed by atoms with Crippen LogP contribution in [-0.2, 0) is 19.1 Å². The summed E-state index contributed by atoms with van der Waals surface area (Å²) in [5.41, 5.74) is 0. The number of nitrogens with one attached hydrogen (secondary N) is 1. The number of nitrogens with zero attached hydrogens (tertiary/aromatic N) is 1. The van der Waals surface area contributed by atoms with Crippen LogP contribution in [0, 0.1) is 0 Å². The highest BCUT2D eigenvalue weighted by molar-refractivity contribution is 5.87. The Bertz CT molecular complexity index is 392. The number of carbonyl (C=O) groups is 3. The number of ether oxygens (including phenoxy) is 1.